The summed E-state index contributed by atoms with van der Waals surface area (Å²) in [4.78, 5) is 20.4. The number of aromatic nitrogens is 2. The van der Waals surface area contributed by atoms with Crippen LogP contribution in [0.5, 0.6) is 5.75 Å². The zero-order valence-electron chi connectivity index (χ0n) is 14.9. The van der Waals surface area contributed by atoms with Gasteiger partial charge in [0, 0.05) is 22.8 Å². The van der Waals surface area contributed by atoms with Crippen LogP contribution in [0, 0.1) is 0 Å². The summed E-state index contributed by atoms with van der Waals surface area (Å²) in [5.41, 5.74) is 1.51. The van der Waals surface area contributed by atoms with Crippen LogP contribution < -0.4 is 10.6 Å². The fraction of sp³-hybridized carbons (Fsp3) is 0. The largest absolute Gasteiger partial charge is 0.506 e. The summed E-state index contributed by atoms with van der Waals surface area (Å²) >= 11 is 11.7. The van der Waals surface area contributed by atoms with E-state index < -0.39 is 5.91 Å². The van der Waals surface area contributed by atoms with Crippen LogP contribution in [0.1, 0.15) is 10.4 Å². The Labute approximate surface area is 176 Å². The summed E-state index contributed by atoms with van der Waals surface area (Å²) in [5.74, 6) is 0.00704. The second kappa shape index (κ2) is 7.95. The highest BCUT2D eigenvalue weighted by atomic mass is 35.5. The van der Waals surface area contributed by atoms with Gasteiger partial charge in [0.25, 0.3) is 5.91 Å². The maximum Gasteiger partial charge on any atom is 0.259 e. The van der Waals surface area contributed by atoms with Crippen molar-refractivity contribution in [1.82, 2.24) is 9.97 Å². The summed E-state index contributed by atoms with van der Waals surface area (Å²) in [6, 6.07) is 19.3. The number of hydrogen-bond acceptors (Lipinski definition) is 5. The number of nitrogens with one attached hydrogen (secondary N) is 2. The number of nitrogens with zero attached hydrogens (tertiary/aromatic N) is 2. The molecule has 0 spiro atoms. The number of hydrogen-bond donors (Lipinski definition) is 3. The van der Waals surface area contributed by atoms with Crippen molar-refractivity contribution in [3.05, 3.63) is 82.7 Å². The predicted octanol–water partition coefficient (Wildman–Crippen LogP) is 5.64. The maximum atomic E-state index is 12.6. The van der Waals surface area contributed by atoms with Crippen molar-refractivity contribution in [1.29, 1.82) is 0 Å². The number of aromatic hydroxyl groups is 1. The number of phenols is 1. The second-order valence-electron chi connectivity index (χ2n) is 6.18. The van der Waals surface area contributed by atoms with E-state index in [0.717, 1.165) is 11.1 Å². The quantitative estimate of drug-likeness (QED) is 0.291. The molecule has 144 valence electrons. The fourth-order valence-corrected chi connectivity index (χ4v) is 3.28. The van der Waals surface area contributed by atoms with E-state index in [1.54, 1.807) is 48.5 Å². The average molecular weight is 425 g/mol. The SMILES string of the molecule is O=C(Nc1ccc(Nc2cc(Cl)nc(Cl)n2)cc1)c1ccc2ccccc2c1O. The lowest BCUT2D eigenvalue weighted by Gasteiger charge is -2.10. The van der Waals surface area contributed by atoms with Crippen molar-refractivity contribution in [3.63, 3.8) is 0 Å². The van der Waals surface area contributed by atoms with E-state index in [1.165, 1.54) is 0 Å². The van der Waals surface area contributed by atoms with E-state index in [9.17, 15) is 9.90 Å². The lowest BCUT2D eigenvalue weighted by Crippen LogP contribution is -2.12. The molecule has 0 atom stereocenters. The molecule has 1 heterocycles. The lowest BCUT2D eigenvalue weighted by molar-refractivity contribution is 0.102. The van der Waals surface area contributed by atoms with E-state index in [-0.39, 0.29) is 21.7 Å². The Morgan fingerprint density at radius 3 is 2.38 bits per heavy atom. The zero-order valence-corrected chi connectivity index (χ0v) is 16.4. The van der Waals surface area contributed by atoms with Crippen LogP contribution in [0.25, 0.3) is 10.8 Å². The molecule has 4 aromatic rings. The summed E-state index contributed by atoms with van der Waals surface area (Å²) in [5, 5.41) is 18.0. The third-order valence-corrected chi connectivity index (χ3v) is 4.59. The van der Waals surface area contributed by atoms with E-state index in [2.05, 4.69) is 20.6 Å². The van der Waals surface area contributed by atoms with Crippen LogP contribution in [-0.4, -0.2) is 21.0 Å². The Morgan fingerprint density at radius 2 is 1.62 bits per heavy atom. The zero-order chi connectivity index (χ0) is 20.4. The number of fused-ring (bicyclic) bond motifs is 1. The number of rotatable bonds is 4. The molecular weight excluding hydrogens is 411 g/mol. The average Bonchev–Trinajstić information content (AvgIpc) is 2.69. The van der Waals surface area contributed by atoms with Gasteiger partial charge in [0.1, 0.15) is 16.7 Å². The summed E-state index contributed by atoms with van der Waals surface area (Å²) in [6.45, 7) is 0. The van der Waals surface area contributed by atoms with Gasteiger partial charge in [-0.05, 0) is 47.3 Å². The van der Waals surface area contributed by atoms with E-state index in [1.807, 2.05) is 18.2 Å². The molecule has 0 bridgehead atoms. The molecule has 0 unspecified atom stereocenters. The smallest absolute Gasteiger partial charge is 0.259 e. The van der Waals surface area contributed by atoms with Crippen molar-refractivity contribution >= 4 is 57.1 Å². The Hall–Kier alpha value is -3.35. The minimum atomic E-state index is -0.400. The molecule has 1 amide bonds. The standard InChI is InChI=1S/C21H14Cl2N4O2/c22-17-11-18(27-21(23)26-17)24-13-6-8-14(9-7-13)25-20(29)16-10-5-12-3-1-2-4-15(12)19(16)28/h1-11,28H,(H,25,29)(H,24,26,27). The lowest BCUT2D eigenvalue weighted by atomic mass is 10.0. The highest BCUT2D eigenvalue weighted by Gasteiger charge is 2.14. The molecular formula is C21H14Cl2N4O2. The van der Waals surface area contributed by atoms with E-state index >= 15 is 0 Å². The van der Waals surface area contributed by atoms with Crippen molar-refractivity contribution < 1.29 is 9.90 Å². The van der Waals surface area contributed by atoms with Crippen LogP contribution in [0.15, 0.2) is 66.7 Å². The van der Waals surface area contributed by atoms with Gasteiger partial charge in [-0.1, -0.05) is 41.9 Å². The summed E-state index contributed by atoms with van der Waals surface area (Å²) in [7, 11) is 0. The topological polar surface area (TPSA) is 87.1 Å². The van der Waals surface area contributed by atoms with Gasteiger partial charge in [-0.15, -0.1) is 0 Å². The van der Waals surface area contributed by atoms with Gasteiger partial charge < -0.3 is 15.7 Å². The van der Waals surface area contributed by atoms with Crippen molar-refractivity contribution in [3.8, 4) is 5.75 Å². The number of carbonyl (C=O) groups excluding carboxylic acids is 1. The molecule has 0 radical (unpaired) electrons. The van der Waals surface area contributed by atoms with Gasteiger partial charge in [-0.25, -0.2) is 9.97 Å². The van der Waals surface area contributed by atoms with Gasteiger partial charge in [0.15, 0.2) is 0 Å². The number of amides is 1. The maximum absolute atomic E-state index is 12.6. The first kappa shape index (κ1) is 19.0. The van der Waals surface area contributed by atoms with Crippen LogP contribution in [0.2, 0.25) is 10.4 Å². The van der Waals surface area contributed by atoms with Gasteiger partial charge in [0.2, 0.25) is 5.28 Å². The molecule has 0 aliphatic heterocycles. The minimum absolute atomic E-state index is 0.0408. The number of carbonyl (C=O) groups is 1. The Morgan fingerprint density at radius 1 is 0.897 bits per heavy atom. The van der Waals surface area contributed by atoms with Gasteiger partial charge in [-0.2, -0.15) is 0 Å². The van der Waals surface area contributed by atoms with E-state index in [0.29, 0.717) is 16.9 Å². The first-order chi connectivity index (χ1) is 14.0. The number of halogens is 2. The normalized spacial score (nSPS) is 10.7. The number of phenolic OH excluding ortho intramolecular Hbond substituents is 1. The Bertz CT molecular complexity index is 1190. The summed E-state index contributed by atoms with van der Waals surface area (Å²) in [6.07, 6.45) is 0. The van der Waals surface area contributed by atoms with E-state index in [4.69, 9.17) is 23.2 Å². The highest BCUT2D eigenvalue weighted by molar-refractivity contribution is 6.32. The van der Waals surface area contributed by atoms with Crippen LogP contribution in [-0.2, 0) is 0 Å². The molecule has 0 saturated carbocycles. The van der Waals surface area contributed by atoms with Crippen LogP contribution in [0.4, 0.5) is 17.2 Å². The third-order valence-electron chi connectivity index (χ3n) is 4.23. The van der Waals surface area contributed by atoms with Gasteiger partial charge in [-0.3, -0.25) is 4.79 Å². The highest BCUT2D eigenvalue weighted by Crippen LogP contribution is 2.29. The number of benzene rings is 3. The van der Waals surface area contributed by atoms with Crippen LogP contribution in [0.3, 0.4) is 0 Å². The molecule has 1 aromatic heterocycles. The molecule has 6 nitrogen and oxygen atoms in total. The van der Waals surface area contributed by atoms with Crippen molar-refractivity contribution in [2.45, 2.75) is 0 Å². The fourth-order valence-electron chi connectivity index (χ4n) is 2.88. The Kier molecular flexibility index (Phi) is 5.20. The summed E-state index contributed by atoms with van der Waals surface area (Å²) < 4.78 is 0. The first-order valence-corrected chi connectivity index (χ1v) is 9.34. The van der Waals surface area contributed by atoms with Gasteiger partial charge >= 0.3 is 0 Å². The third kappa shape index (κ3) is 4.23. The molecule has 3 N–H and O–H groups in total. The van der Waals surface area contributed by atoms with Gasteiger partial charge in [0.05, 0.1) is 5.56 Å². The predicted molar refractivity (Wildman–Crippen MR) is 115 cm³/mol. The van der Waals surface area contributed by atoms with Crippen molar-refractivity contribution in [2.75, 3.05) is 10.6 Å². The van der Waals surface area contributed by atoms with Crippen LogP contribution >= 0.6 is 23.2 Å². The molecule has 0 saturated heterocycles. The number of anilines is 3. The monoisotopic (exact) mass is 424 g/mol. The van der Waals surface area contributed by atoms with Crippen molar-refractivity contribution in [2.24, 2.45) is 0 Å². The molecule has 0 aliphatic rings. The minimum Gasteiger partial charge on any atom is -0.506 e. The first-order valence-electron chi connectivity index (χ1n) is 8.59. The molecule has 0 aliphatic carbocycles. The second-order valence-corrected chi connectivity index (χ2v) is 6.91. The molecule has 29 heavy (non-hydrogen) atoms. The molecule has 8 heteroatoms. The molecule has 3 aromatic carbocycles. The Balaban J connectivity index is 1.50. The molecule has 0 fully saturated rings. The molecule has 4 rings (SSSR count).